The topological polar surface area (TPSA) is 57.2 Å². The second kappa shape index (κ2) is 9.96. The molecule has 0 atom stereocenters. The van der Waals surface area contributed by atoms with Crippen LogP contribution >= 0.6 is 0 Å². The molecule has 0 radical (unpaired) electrons. The normalized spacial score (nSPS) is 13.6. The first-order valence-corrected chi connectivity index (χ1v) is 10.1. The number of carbonyl (C=O) groups is 1. The Hall–Kier alpha value is -3.02. The molecule has 0 aromatic heterocycles. The van der Waals surface area contributed by atoms with E-state index in [0.717, 1.165) is 37.6 Å². The summed E-state index contributed by atoms with van der Waals surface area (Å²) in [6.07, 6.45) is 1.03. The van der Waals surface area contributed by atoms with E-state index < -0.39 is 0 Å². The van der Waals surface area contributed by atoms with Crippen LogP contribution in [0.4, 0.5) is 0 Å². The molecule has 0 unspecified atom stereocenters. The summed E-state index contributed by atoms with van der Waals surface area (Å²) in [5.41, 5.74) is 3.84. The third kappa shape index (κ3) is 5.73. The number of nitrogens with one attached hydrogen (secondary N) is 1. The highest BCUT2D eigenvalue weighted by Crippen LogP contribution is 2.19. The zero-order valence-corrected chi connectivity index (χ0v) is 17.5. The van der Waals surface area contributed by atoms with Crippen LogP contribution in [-0.4, -0.2) is 55.5 Å². The van der Waals surface area contributed by atoms with Gasteiger partial charge in [0.05, 0.1) is 6.54 Å². The van der Waals surface area contributed by atoms with Crippen LogP contribution in [0.25, 0.3) is 0 Å². The van der Waals surface area contributed by atoms with Gasteiger partial charge in [-0.3, -0.25) is 4.79 Å². The largest absolute Gasteiger partial charge is 0.484 e. The Kier molecular flexibility index (Phi) is 7.11. The first-order chi connectivity index (χ1) is 14.1. The van der Waals surface area contributed by atoms with E-state index in [9.17, 15) is 4.79 Å². The lowest BCUT2D eigenvalue weighted by atomic mass is 10.0. The van der Waals surface area contributed by atoms with Gasteiger partial charge in [0.1, 0.15) is 5.75 Å². The molecular formula is C23H30N4O2. The van der Waals surface area contributed by atoms with Crippen LogP contribution < -0.4 is 10.1 Å². The number of hydrogen-bond donors (Lipinski definition) is 1. The van der Waals surface area contributed by atoms with Crippen LogP contribution in [0.5, 0.6) is 5.75 Å². The van der Waals surface area contributed by atoms with Crippen LogP contribution in [0.2, 0.25) is 0 Å². The van der Waals surface area contributed by atoms with Crippen LogP contribution in [0.3, 0.4) is 0 Å². The predicted molar refractivity (Wildman–Crippen MR) is 116 cm³/mol. The lowest BCUT2D eigenvalue weighted by Crippen LogP contribution is -2.44. The first-order valence-electron chi connectivity index (χ1n) is 10.1. The zero-order chi connectivity index (χ0) is 20.6. The van der Waals surface area contributed by atoms with E-state index in [-0.39, 0.29) is 12.5 Å². The van der Waals surface area contributed by atoms with E-state index in [1.807, 2.05) is 24.3 Å². The Bertz CT molecular complexity index is 863. The molecule has 1 aliphatic heterocycles. The average Bonchev–Trinajstić information content (AvgIpc) is 2.74. The molecule has 6 heteroatoms. The van der Waals surface area contributed by atoms with E-state index in [0.29, 0.717) is 12.3 Å². The van der Waals surface area contributed by atoms with E-state index in [2.05, 4.69) is 41.4 Å². The SMILES string of the molecule is CCNC(=NCc1cccc(OCC(=O)N(C)C)c1)N1CCc2ccccc2C1. The molecule has 3 rings (SSSR count). The van der Waals surface area contributed by atoms with Crippen molar-refractivity contribution in [1.82, 2.24) is 15.1 Å². The highest BCUT2D eigenvalue weighted by molar-refractivity contribution is 5.80. The molecule has 29 heavy (non-hydrogen) atoms. The van der Waals surface area contributed by atoms with Gasteiger partial charge in [0, 0.05) is 33.7 Å². The summed E-state index contributed by atoms with van der Waals surface area (Å²) in [5.74, 6) is 1.55. The number of rotatable bonds is 6. The molecule has 0 bridgehead atoms. The van der Waals surface area contributed by atoms with Gasteiger partial charge in [-0.15, -0.1) is 0 Å². The zero-order valence-electron chi connectivity index (χ0n) is 17.5. The highest BCUT2D eigenvalue weighted by Gasteiger charge is 2.18. The standard InChI is InChI=1S/C23H30N4O2/c1-4-24-23(27-13-12-19-9-5-6-10-20(19)16-27)25-15-18-8-7-11-21(14-18)29-17-22(28)26(2)3/h5-11,14H,4,12-13,15-17H2,1-3H3,(H,24,25). The van der Waals surface area contributed by atoms with Crippen molar-refractivity contribution in [3.63, 3.8) is 0 Å². The Labute approximate surface area is 173 Å². The van der Waals surface area contributed by atoms with Gasteiger partial charge in [0.15, 0.2) is 12.6 Å². The first kappa shape index (κ1) is 20.7. The minimum Gasteiger partial charge on any atom is -0.484 e. The monoisotopic (exact) mass is 394 g/mol. The number of amides is 1. The summed E-state index contributed by atoms with van der Waals surface area (Å²) in [7, 11) is 3.44. The maximum atomic E-state index is 11.7. The Morgan fingerprint density at radius 1 is 1.17 bits per heavy atom. The quantitative estimate of drug-likeness (QED) is 0.605. The summed E-state index contributed by atoms with van der Waals surface area (Å²) in [6, 6.07) is 16.4. The maximum Gasteiger partial charge on any atom is 0.259 e. The van der Waals surface area contributed by atoms with Crippen molar-refractivity contribution >= 4 is 11.9 Å². The van der Waals surface area contributed by atoms with Gasteiger partial charge in [-0.25, -0.2) is 4.99 Å². The van der Waals surface area contributed by atoms with Crippen LogP contribution in [0.1, 0.15) is 23.6 Å². The van der Waals surface area contributed by atoms with Gasteiger partial charge in [-0.2, -0.15) is 0 Å². The molecule has 1 heterocycles. The molecule has 1 amide bonds. The van der Waals surface area contributed by atoms with Crippen molar-refractivity contribution < 1.29 is 9.53 Å². The Morgan fingerprint density at radius 2 is 1.97 bits per heavy atom. The summed E-state index contributed by atoms with van der Waals surface area (Å²) >= 11 is 0. The van der Waals surface area contributed by atoms with Gasteiger partial charge in [0.2, 0.25) is 0 Å². The van der Waals surface area contributed by atoms with Crippen molar-refractivity contribution in [1.29, 1.82) is 0 Å². The second-order valence-corrected chi connectivity index (χ2v) is 7.33. The molecule has 0 aliphatic carbocycles. The van der Waals surface area contributed by atoms with Gasteiger partial charge in [-0.1, -0.05) is 36.4 Å². The molecule has 154 valence electrons. The maximum absolute atomic E-state index is 11.7. The fourth-order valence-corrected chi connectivity index (χ4v) is 3.28. The molecule has 6 nitrogen and oxygen atoms in total. The third-order valence-electron chi connectivity index (χ3n) is 4.94. The van der Waals surface area contributed by atoms with E-state index in [1.165, 1.54) is 16.0 Å². The number of fused-ring (bicyclic) bond motifs is 1. The number of aliphatic imine (C=N–C) groups is 1. The fraction of sp³-hybridized carbons (Fsp3) is 0.391. The lowest BCUT2D eigenvalue weighted by Gasteiger charge is -2.31. The Morgan fingerprint density at radius 3 is 2.72 bits per heavy atom. The molecule has 2 aromatic carbocycles. The molecule has 0 saturated carbocycles. The number of guanidine groups is 1. The number of hydrogen-bond acceptors (Lipinski definition) is 3. The molecule has 1 N–H and O–H groups in total. The van der Waals surface area contributed by atoms with Crippen LogP contribution in [-0.2, 0) is 24.3 Å². The van der Waals surface area contributed by atoms with Gasteiger partial charge in [0.25, 0.3) is 5.91 Å². The van der Waals surface area contributed by atoms with Gasteiger partial charge >= 0.3 is 0 Å². The molecule has 2 aromatic rings. The third-order valence-corrected chi connectivity index (χ3v) is 4.94. The molecule has 1 aliphatic rings. The average molecular weight is 395 g/mol. The molecular weight excluding hydrogens is 364 g/mol. The van der Waals surface area contributed by atoms with Crippen LogP contribution in [0.15, 0.2) is 53.5 Å². The summed E-state index contributed by atoms with van der Waals surface area (Å²) in [4.78, 5) is 20.4. The fourth-order valence-electron chi connectivity index (χ4n) is 3.28. The number of likely N-dealkylation sites (N-methyl/N-ethyl adjacent to an activating group) is 1. The van der Waals surface area contributed by atoms with Crippen molar-refractivity contribution in [2.75, 3.05) is 33.8 Å². The predicted octanol–water partition coefficient (Wildman–Crippen LogP) is 2.68. The molecule has 0 fully saturated rings. The van der Waals surface area contributed by atoms with E-state index in [4.69, 9.17) is 9.73 Å². The summed E-state index contributed by atoms with van der Waals surface area (Å²) in [6.45, 7) is 5.34. The number of ether oxygens (including phenoxy) is 1. The lowest BCUT2D eigenvalue weighted by molar-refractivity contribution is -0.130. The molecule has 0 saturated heterocycles. The van der Waals surface area contributed by atoms with Gasteiger partial charge < -0.3 is 19.9 Å². The number of benzene rings is 2. The van der Waals surface area contributed by atoms with Crippen LogP contribution in [0, 0.1) is 0 Å². The minimum atomic E-state index is -0.0618. The molecule has 0 spiro atoms. The second-order valence-electron chi connectivity index (χ2n) is 7.33. The van der Waals surface area contributed by atoms with Crippen molar-refractivity contribution in [3.05, 3.63) is 65.2 Å². The number of carbonyl (C=O) groups excluding carboxylic acids is 1. The Balaban J connectivity index is 1.66. The van der Waals surface area contributed by atoms with Crippen molar-refractivity contribution in [3.8, 4) is 5.75 Å². The van der Waals surface area contributed by atoms with Crippen molar-refractivity contribution in [2.24, 2.45) is 4.99 Å². The highest BCUT2D eigenvalue weighted by atomic mass is 16.5. The minimum absolute atomic E-state index is 0.0373. The summed E-state index contributed by atoms with van der Waals surface area (Å²) < 4.78 is 5.61. The van der Waals surface area contributed by atoms with Crippen molar-refractivity contribution in [2.45, 2.75) is 26.4 Å². The number of nitrogens with zero attached hydrogens (tertiary/aromatic N) is 3. The van der Waals surface area contributed by atoms with Gasteiger partial charge in [-0.05, 0) is 42.2 Å². The van der Waals surface area contributed by atoms with E-state index in [1.54, 1.807) is 14.1 Å². The summed E-state index contributed by atoms with van der Waals surface area (Å²) in [5, 5.41) is 3.42. The smallest absolute Gasteiger partial charge is 0.259 e. The van der Waals surface area contributed by atoms with E-state index >= 15 is 0 Å².